The first-order valence-corrected chi connectivity index (χ1v) is 6.46. The highest BCUT2D eigenvalue weighted by Gasteiger charge is 2.06. The van der Waals surface area contributed by atoms with E-state index in [0.717, 1.165) is 22.0 Å². The van der Waals surface area contributed by atoms with Crippen LogP contribution in [0.3, 0.4) is 0 Å². The molecule has 3 N–H and O–H groups in total. The molecule has 0 atom stereocenters. The summed E-state index contributed by atoms with van der Waals surface area (Å²) >= 11 is 0. The predicted molar refractivity (Wildman–Crippen MR) is 81.0 cm³/mol. The molecular formula is C17H15NO2. The van der Waals surface area contributed by atoms with Gasteiger partial charge in [-0.3, -0.25) is 0 Å². The molecule has 0 bridgehead atoms. The van der Waals surface area contributed by atoms with Gasteiger partial charge in [-0.25, -0.2) is 0 Å². The lowest BCUT2D eigenvalue weighted by molar-refractivity contribution is 0.470. The molecule has 3 rings (SSSR count). The van der Waals surface area contributed by atoms with Crippen LogP contribution in [0.5, 0.6) is 11.5 Å². The van der Waals surface area contributed by atoms with E-state index >= 15 is 0 Å². The second kappa shape index (κ2) is 5.13. The largest absolute Gasteiger partial charge is 0.508 e. The van der Waals surface area contributed by atoms with Crippen molar-refractivity contribution in [3.05, 3.63) is 66.2 Å². The average Bonchev–Trinajstić information content (AvgIpc) is 2.48. The first-order chi connectivity index (χ1) is 9.74. The van der Waals surface area contributed by atoms with Crippen LogP contribution in [-0.2, 0) is 6.54 Å². The third-order valence-corrected chi connectivity index (χ3v) is 3.35. The Hall–Kier alpha value is -2.68. The highest BCUT2D eigenvalue weighted by molar-refractivity contribution is 5.87. The number of fused-ring (bicyclic) bond motifs is 1. The molecule has 3 aromatic carbocycles. The summed E-state index contributed by atoms with van der Waals surface area (Å²) in [5.74, 6) is 0.526. The van der Waals surface area contributed by atoms with E-state index in [1.165, 1.54) is 0 Å². The van der Waals surface area contributed by atoms with Crippen molar-refractivity contribution in [2.75, 3.05) is 5.32 Å². The second-order valence-electron chi connectivity index (χ2n) is 4.68. The number of phenols is 2. The van der Waals surface area contributed by atoms with Crippen LogP contribution < -0.4 is 5.32 Å². The number of phenolic OH excluding ortho intramolecular Hbond substituents is 2. The predicted octanol–water partition coefficient (Wildman–Crippen LogP) is 3.86. The molecule has 100 valence electrons. The van der Waals surface area contributed by atoms with E-state index < -0.39 is 0 Å². The Bertz CT molecular complexity index is 736. The summed E-state index contributed by atoms with van der Waals surface area (Å²) in [5.41, 5.74) is 1.77. The van der Waals surface area contributed by atoms with Crippen LogP contribution in [0.2, 0.25) is 0 Å². The Morgan fingerprint density at radius 2 is 1.55 bits per heavy atom. The molecule has 0 unspecified atom stereocenters. The molecule has 3 heteroatoms. The van der Waals surface area contributed by atoms with Gasteiger partial charge < -0.3 is 15.5 Å². The molecule has 0 saturated heterocycles. The molecule has 3 aromatic rings. The minimum absolute atomic E-state index is 0.239. The molecule has 0 saturated carbocycles. The molecule has 0 radical (unpaired) electrons. The van der Waals surface area contributed by atoms with Crippen LogP contribution >= 0.6 is 0 Å². The summed E-state index contributed by atoms with van der Waals surface area (Å²) in [6.45, 7) is 0.526. The normalized spacial score (nSPS) is 10.6. The number of hydrogen-bond acceptors (Lipinski definition) is 3. The minimum atomic E-state index is 0.239. The lowest BCUT2D eigenvalue weighted by atomic mass is 10.0. The summed E-state index contributed by atoms with van der Waals surface area (Å²) in [7, 11) is 0. The van der Waals surface area contributed by atoms with Gasteiger partial charge in [0.05, 0.1) is 0 Å². The first-order valence-electron chi connectivity index (χ1n) is 6.46. The van der Waals surface area contributed by atoms with Crippen LogP contribution in [0.1, 0.15) is 5.56 Å². The maximum Gasteiger partial charge on any atom is 0.121 e. The minimum Gasteiger partial charge on any atom is -0.508 e. The molecule has 0 aromatic heterocycles. The first kappa shape index (κ1) is 12.4. The highest BCUT2D eigenvalue weighted by Crippen LogP contribution is 2.28. The molecule has 0 aliphatic rings. The van der Waals surface area contributed by atoms with Crippen LogP contribution in [0.4, 0.5) is 5.69 Å². The van der Waals surface area contributed by atoms with Crippen LogP contribution in [0, 0.1) is 0 Å². The monoisotopic (exact) mass is 265 g/mol. The standard InChI is InChI=1S/C17H15NO2/c19-14-8-6-13(7-9-14)18-11-16-15-4-2-1-3-12(15)5-10-17(16)20/h1-10,18-20H,11H2. The van der Waals surface area contributed by atoms with Gasteiger partial charge in [0.1, 0.15) is 11.5 Å². The summed E-state index contributed by atoms with van der Waals surface area (Å²) in [6, 6.07) is 18.5. The maximum absolute atomic E-state index is 10.1. The number of nitrogens with one attached hydrogen (secondary N) is 1. The lowest BCUT2D eigenvalue weighted by Gasteiger charge is -2.11. The van der Waals surface area contributed by atoms with Crippen molar-refractivity contribution in [2.45, 2.75) is 6.54 Å². The van der Waals surface area contributed by atoms with Crippen LogP contribution in [0.15, 0.2) is 60.7 Å². The van der Waals surface area contributed by atoms with Gasteiger partial charge in [-0.2, -0.15) is 0 Å². The van der Waals surface area contributed by atoms with Crippen molar-refractivity contribution in [1.29, 1.82) is 0 Å². The molecule has 0 aliphatic carbocycles. The SMILES string of the molecule is Oc1ccc(NCc2c(O)ccc3ccccc23)cc1. The van der Waals surface area contributed by atoms with Crippen molar-refractivity contribution in [3.63, 3.8) is 0 Å². The van der Waals surface area contributed by atoms with E-state index in [4.69, 9.17) is 0 Å². The quantitative estimate of drug-likeness (QED) is 0.630. The Morgan fingerprint density at radius 1 is 0.800 bits per heavy atom. The van der Waals surface area contributed by atoms with Gasteiger partial charge in [0.15, 0.2) is 0 Å². The molecule has 0 spiro atoms. The molecule has 3 nitrogen and oxygen atoms in total. The number of aromatic hydroxyl groups is 2. The molecule has 0 aliphatic heterocycles. The van der Waals surface area contributed by atoms with Crippen LogP contribution in [0.25, 0.3) is 10.8 Å². The van der Waals surface area contributed by atoms with Crippen molar-refractivity contribution in [2.24, 2.45) is 0 Å². The van der Waals surface area contributed by atoms with Gasteiger partial charge in [-0.15, -0.1) is 0 Å². The van der Waals surface area contributed by atoms with E-state index in [-0.39, 0.29) is 11.5 Å². The van der Waals surface area contributed by atoms with E-state index in [0.29, 0.717) is 6.54 Å². The second-order valence-corrected chi connectivity index (χ2v) is 4.68. The number of anilines is 1. The van der Waals surface area contributed by atoms with E-state index in [1.54, 1.807) is 30.3 Å². The van der Waals surface area contributed by atoms with Gasteiger partial charge >= 0.3 is 0 Å². The fourth-order valence-electron chi connectivity index (χ4n) is 2.28. The third-order valence-electron chi connectivity index (χ3n) is 3.35. The smallest absolute Gasteiger partial charge is 0.121 e. The zero-order valence-electron chi connectivity index (χ0n) is 10.9. The Morgan fingerprint density at radius 3 is 2.35 bits per heavy atom. The molecule has 20 heavy (non-hydrogen) atoms. The summed E-state index contributed by atoms with van der Waals surface area (Å²) in [5, 5.41) is 24.7. The van der Waals surface area contributed by atoms with E-state index in [2.05, 4.69) is 5.32 Å². The molecular weight excluding hydrogens is 250 g/mol. The zero-order chi connectivity index (χ0) is 13.9. The van der Waals surface area contributed by atoms with E-state index in [9.17, 15) is 10.2 Å². The Balaban J connectivity index is 1.90. The van der Waals surface area contributed by atoms with Crippen molar-refractivity contribution in [3.8, 4) is 11.5 Å². The van der Waals surface area contributed by atoms with Crippen molar-refractivity contribution >= 4 is 16.5 Å². The van der Waals surface area contributed by atoms with Gasteiger partial charge in [0, 0.05) is 17.8 Å². The fourth-order valence-corrected chi connectivity index (χ4v) is 2.28. The third kappa shape index (κ3) is 2.38. The van der Waals surface area contributed by atoms with Gasteiger partial charge in [0.2, 0.25) is 0 Å². The average molecular weight is 265 g/mol. The van der Waals surface area contributed by atoms with Crippen molar-refractivity contribution < 1.29 is 10.2 Å². The Kier molecular flexibility index (Phi) is 3.17. The highest BCUT2D eigenvalue weighted by atomic mass is 16.3. The van der Waals surface area contributed by atoms with Crippen LogP contribution in [-0.4, -0.2) is 10.2 Å². The van der Waals surface area contributed by atoms with Gasteiger partial charge in [-0.1, -0.05) is 30.3 Å². The number of hydrogen-bond donors (Lipinski definition) is 3. The zero-order valence-corrected chi connectivity index (χ0v) is 10.9. The number of benzene rings is 3. The summed E-state index contributed by atoms with van der Waals surface area (Å²) < 4.78 is 0. The van der Waals surface area contributed by atoms with Gasteiger partial charge in [0.25, 0.3) is 0 Å². The van der Waals surface area contributed by atoms with E-state index in [1.807, 2.05) is 30.3 Å². The number of rotatable bonds is 3. The summed E-state index contributed by atoms with van der Waals surface area (Å²) in [6.07, 6.45) is 0. The van der Waals surface area contributed by atoms with Crippen molar-refractivity contribution in [1.82, 2.24) is 0 Å². The molecule has 0 amide bonds. The Labute approximate surface area is 117 Å². The summed E-state index contributed by atoms with van der Waals surface area (Å²) in [4.78, 5) is 0. The lowest BCUT2D eigenvalue weighted by Crippen LogP contribution is -2.00. The topological polar surface area (TPSA) is 52.5 Å². The fraction of sp³-hybridized carbons (Fsp3) is 0.0588. The maximum atomic E-state index is 10.1. The van der Waals surface area contributed by atoms with Gasteiger partial charge in [-0.05, 0) is 41.1 Å². The molecule has 0 fully saturated rings. The molecule has 0 heterocycles.